The number of aromatic amines is 1. The van der Waals surface area contributed by atoms with Crippen LogP contribution >= 0.6 is 0 Å². The Morgan fingerprint density at radius 1 is 1.42 bits per heavy atom. The Bertz CT molecular complexity index is 398. The van der Waals surface area contributed by atoms with E-state index in [1.165, 1.54) is 16.5 Å². The van der Waals surface area contributed by atoms with Gasteiger partial charge in [0.1, 0.15) is 0 Å². The second-order valence-corrected chi connectivity index (χ2v) is 3.05. The lowest BCUT2D eigenvalue weighted by molar-refractivity contribution is 1.15. The highest BCUT2D eigenvalue weighted by Crippen LogP contribution is 2.18. The van der Waals surface area contributed by atoms with Crippen LogP contribution in [0.1, 0.15) is 18.1 Å². The van der Waals surface area contributed by atoms with Gasteiger partial charge in [-0.2, -0.15) is 0 Å². The molecular formula is C11H12N. The molecule has 0 bridgehead atoms. The van der Waals surface area contributed by atoms with Gasteiger partial charge in [0.2, 0.25) is 0 Å². The van der Waals surface area contributed by atoms with Crippen LogP contribution < -0.4 is 0 Å². The highest BCUT2D eigenvalue weighted by atomic mass is 14.7. The number of hydrogen-bond acceptors (Lipinski definition) is 0. The fourth-order valence-electron chi connectivity index (χ4n) is 1.45. The molecule has 1 nitrogen and oxygen atoms in total. The Labute approximate surface area is 72.4 Å². The molecule has 0 spiro atoms. The number of nitrogens with one attached hydrogen (secondary N) is 1. The third-order valence-electron chi connectivity index (χ3n) is 2.24. The van der Waals surface area contributed by atoms with Crippen LogP contribution in [-0.2, 0) is 6.42 Å². The third-order valence-corrected chi connectivity index (χ3v) is 2.24. The number of aryl methyl sites for hydroxylation is 1. The minimum Gasteiger partial charge on any atom is -0.361 e. The summed E-state index contributed by atoms with van der Waals surface area (Å²) in [5, 5.41) is 1.24. The smallest absolute Gasteiger partial charge is 0.0456 e. The fourth-order valence-corrected chi connectivity index (χ4v) is 1.45. The summed E-state index contributed by atoms with van der Waals surface area (Å²) < 4.78 is 0. The van der Waals surface area contributed by atoms with Gasteiger partial charge in [-0.15, -0.1) is 0 Å². The molecule has 0 aliphatic heterocycles. The fraction of sp³-hybridized carbons (Fsp3) is 0.182. The van der Waals surface area contributed by atoms with Crippen molar-refractivity contribution in [2.24, 2.45) is 0 Å². The lowest BCUT2D eigenvalue weighted by Crippen LogP contribution is -1.78. The van der Waals surface area contributed by atoms with Crippen LogP contribution in [0.2, 0.25) is 0 Å². The maximum atomic E-state index is 3.95. The van der Waals surface area contributed by atoms with Crippen LogP contribution in [0.4, 0.5) is 0 Å². The molecule has 1 aromatic heterocycles. The average molecular weight is 158 g/mol. The van der Waals surface area contributed by atoms with Crippen LogP contribution in [0.3, 0.4) is 0 Å². The molecule has 0 saturated heterocycles. The van der Waals surface area contributed by atoms with Gasteiger partial charge in [0.05, 0.1) is 0 Å². The van der Waals surface area contributed by atoms with E-state index in [4.69, 9.17) is 0 Å². The summed E-state index contributed by atoms with van der Waals surface area (Å²) in [6, 6.07) is 6.47. The zero-order valence-electron chi connectivity index (χ0n) is 7.22. The number of H-pyrrole nitrogens is 1. The predicted molar refractivity (Wildman–Crippen MR) is 52.1 cm³/mol. The molecule has 0 amide bonds. The first-order valence-corrected chi connectivity index (χ1v) is 4.23. The molecule has 0 atom stereocenters. The first-order valence-electron chi connectivity index (χ1n) is 4.23. The lowest BCUT2D eigenvalue weighted by Gasteiger charge is -1.96. The number of benzene rings is 1. The van der Waals surface area contributed by atoms with E-state index in [9.17, 15) is 0 Å². The van der Waals surface area contributed by atoms with Crippen molar-refractivity contribution < 1.29 is 0 Å². The predicted octanol–water partition coefficient (Wildman–Crippen LogP) is 2.91. The first-order chi connectivity index (χ1) is 5.81. The van der Waals surface area contributed by atoms with Gasteiger partial charge in [0.25, 0.3) is 0 Å². The van der Waals surface area contributed by atoms with Crippen molar-refractivity contribution >= 4 is 10.9 Å². The Kier molecular flexibility index (Phi) is 1.65. The molecule has 0 aliphatic rings. The molecule has 1 radical (unpaired) electrons. The monoisotopic (exact) mass is 158 g/mol. The van der Waals surface area contributed by atoms with Gasteiger partial charge in [-0.25, -0.2) is 0 Å². The summed E-state index contributed by atoms with van der Waals surface area (Å²) >= 11 is 0. The lowest BCUT2D eigenvalue weighted by atomic mass is 10.1. The molecular weight excluding hydrogens is 146 g/mol. The Balaban J connectivity index is 2.71. The molecule has 2 aromatic rings. The number of rotatable bonds is 1. The van der Waals surface area contributed by atoms with Gasteiger partial charge >= 0.3 is 0 Å². The number of hydrogen-bond donors (Lipinski definition) is 1. The molecule has 1 N–H and O–H groups in total. The van der Waals surface area contributed by atoms with Crippen molar-refractivity contribution in [2.75, 3.05) is 0 Å². The van der Waals surface area contributed by atoms with Gasteiger partial charge in [-0.1, -0.05) is 13.0 Å². The van der Waals surface area contributed by atoms with Crippen LogP contribution in [0, 0.1) is 6.92 Å². The molecule has 0 fully saturated rings. The highest BCUT2D eigenvalue weighted by molar-refractivity contribution is 5.84. The Hall–Kier alpha value is -1.24. The largest absolute Gasteiger partial charge is 0.361 e. The van der Waals surface area contributed by atoms with Crippen molar-refractivity contribution in [3.8, 4) is 0 Å². The van der Waals surface area contributed by atoms with Gasteiger partial charge in [0, 0.05) is 17.1 Å². The van der Waals surface area contributed by atoms with Crippen molar-refractivity contribution in [3.05, 3.63) is 42.4 Å². The standard InChI is InChI=1S/C11H12N/c1-3-9-4-5-11-10(6-9)8(2)7-12-11/h4-7,12H,2-3H2,1H3. The molecule has 1 heteroatoms. The van der Waals surface area contributed by atoms with E-state index in [0.717, 1.165) is 12.0 Å². The van der Waals surface area contributed by atoms with Crippen LogP contribution in [0.5, 0.6) is 0 Å². The average Bonchev–Trinajstić information content (AvgIpc) is 2.47. The summed E-state index contributed by atoms with van der Waals surface area (Å²) in [6.45, 7) is 6.12. The molecule has 0 aliphatic carbocycles. The number of aromatic nitrogens is 1. The van der Waals surface area contributed by atoms with Crippen LogP contribution in [0.25, 0.3) is 10.9 Å². The van der Waals surface area contributed by atoms with Gasteiger partial charge in [-0.05, 0) is 36.6 Å². The SMILES string of the molecule is [CH2]c1c[nH]c2ccc(CC)cc12. The van der Waals surface area contributed by atoms with E-state index in [1.807, 2.05) is 6.20 Å². The zero-order valence-corrected chi connectivity index (χ0v) is 7.22. The second-order valence-electron chi connectivity index (χ2n) is 3.05. The quantitative estimate of drug-likeness (QED) is 0.656. The second kappa shape index (κ2) is 2.67. The van der Waals surface area contributed by atoms with E-state index < -0.39 is 0 Å². The summed E-state index contributed by atoms with van der Waals surface area (Å²) in [5.74, 6) is 0. The van der Waals surface area contributed by atoms with Crippen molar-refractivity contribution in [2.45, 2.75) is 13.3 Å². The van der Waals surface area contributed by atoms with E-state index >= 15 is 0 Å². The zero-order chi connectivity index (χ0) is 8.55. The van der Waals surface area contributed by atoms with E-state index in [1.54, 1.807) is 0 Å². The maximum Gasteiger partial charge on any atom is 0.0456 e. The minimum atomic E-state index is 1.08. The summed E-state index contributed by atoms with van der Waals surface area (Å²) in [4.78, 5) is 3.18. The van der Waals surface area contributed by atoms with Crippen LogP contribution in [0.15, 0.2) is 24.4 Å². The molecule has 1 aromatic carbocycles. The summed E-state index contributed by atoms with van der Waals surface area (Å²) in [7, 11) is 0. The van der Waals surface area contributed by atoms with Crippen LogP contribution in [-0.4, -0.2) is 4.98 Å². The molecule has 0 unspecified atom stereocenters. The van der Waals surface area contributed by atoms with Gasteiger partial charge in [0.15, 0.2) is 0 Å². The normalized spacial score (nSPS) is 10.8. The first kappa shape index (κ1) is 7.41. The third kappa shape index (κ3) is 1.02. The summed E-state index contributed by atoms with van der Waals surface area (Å²) in [6.07, 6.45) is 3.03. The topological polar surface area (TPSA) is 15.8 Å². The minimum absolute atomic E-state index is 1.08. The van der Waals surface area contributed by atoms with Crippen molar-refractivity contribution in [1.82, 2.24) is 4.98 Å². The van der Waals surface area contributed by atoms with Crippen molar-refractivity contribution in [3.63, 3.8) is 0 Å². The molecule has 61 valence electrons. The number of fused-ring (bicyclic) bond motifs is 1. The maximum absolute atomic E-state index is 3.95. The Morgan fingerprint density at radius 3 is 3.00 bits per heavy atom. The van der Waals surface area contributed by atoms with Crippen molar-refractivity contribution in [1.29, 1.82) is 0 Å². The summed E-state index contributed by atoms with van der Waals surface area (Å²) in [5.41, 5.74) is 3.63. The molecule has 2 rings (SSSR count). The Morgan fingerprint density at radius 2 is 2.25 bits per heavy atom. The van der Waals surface area contributed by atoms with Gasteiger partial charge < -0.3 is 4.98 Å². The molecule has 12 heavy (non-hydrogen) atoms. The highest BCUT2D eigenvalue weighted by Gasteiger charge is 1.98. The molecule has 0 saturated carbocycles. The van der Waals surface area contributed by atoms with E-state index in [-0.39, 0.29) is 0 Å². The van der Waals surface area contributed by atoms with E-state index in [2.05, 4.69) is 37.0 Å². The molecule has 1 heterocycles. The van der Waals surface area contributed by atoms with Gasteiger partial charge in [-0.3, -0.25) is 0 Å². The van der Waals surface area contributed by atoms with E-state index in [0.29, 0.717) is 0 Å².